The minimum Gasteiger partial charge on any atom is -0.398 e. The van der Waals surface area contributed by atoms with E-state index in [1.807, 2.05) is 43.3 Å². The molecule has 0 aliphatic rings. The lowest BCUT2D eigenvalue weighted by Gasteiger charge is -2.06. The lowest BCUT2D eigenvalue weighted by Crippen LogP contribution is -1.92. The Morgan fingerprint density at radius 2 is 1.75 bits per heavy atom. The van der Waals surface area contributed by atoms with Gasteiger partial charge in [0.2, 0.25) is 0 Å². The van der Waals surface area contributed by atoms with Gasteiger partial charge in [-0.3, -0.25) is 0 Å². The van der Waals surface area contributed by atoms with Crippen molar-refractivity contribution in [1.29, 1.82) is 5.26 Å². The molecule has 0 saturated heterocycles. The van der Waals surface area contributed by atoms with Crippen LogP contribution in [0.5, 0.6) is 0 Å². The molecule has 2 aromatic carbocycles. The fourth-order valence-electron chi connectivity index (χ4n) is 1.67. The molecule has 0 amide bonds. The molecule has 0 heterocycles. The molecule has 2 heteroatoms. The van der Waals surface area contributed by atoms with Gasteiger partial charge in [0.05, 0.1) is 11.3 Å². The predicted molar refractivity (Wildman–Crippen MR) is 65.7 cm³/mol. The van der Waals surface area contributed by atoms with Crippen molar-refractivity contribution in [2.45, 2.75) is 6.92 Å². The topological polar surface area (TPSA) is 49.8 Å². The molecule has 0 spiro atoms. The van der Waals surface area contributed by atoms with Crippen molar-refractivity contribution in [2.24, 2.45) is 0 Å². The first-order valence-corrected chi connectivity index (χ1v) is 5.08. The largest absolute Gasteiger partial charge is 0.398 e. The molecule has 2 rings (SSSR count). The zero-order valence-electron chi connectivity index (χ0n) is 9.07. The highest BCUT2D eigenvalue weighted by atomic mass is 14.6. The number of nitrogens with two attached hydrogens (primary N) is 1. The number of nitriles is 1. The van der Waals surface area contributed by atoms with E-state index in [1.54, 1.807) is 6.07 Å². The number of rotatable bonds is 1. The molecule has 0 unspecified atom stereocenters. The lowest BCUT2D eigenvalue weighted by atomic mass is 9.98. The van der Waals surface area contributed by atoms with Crippen LogP contribution in [0.4, 0.5) is 5.69 Å². The standard InChI is InChI=1S/C14H12N2/c1-10-5-7-11(8-6-10)12-3-2-4-14(16)13(12)9-15/h2-8H,16H2,1H3. The smallest absolute Gasteiger partial charge is 0.102 e. The second kappa shape index (κ2) is 4.08. The maximum absolute atomic E-state index is 9.09. The Kier molecular flexibility index (Phi) is 2.61. The van der Waals surface area contributed by atoms with E-state index in [0.717, 1.165) is 11.1 Å². The van der Waals surface area contributed by atoms with E-state index in [4.69, 9.17) is 11.0 Å². The summed E-state index contributed by atoms with van der Waals surface area (Å²) >= 11 is 0. The molecule has 0 saturated carbocycles. The Bertz CT molecular complexity index is 548. The highest BCUT2D eigenvalue weighted by Gasteiger charge is 2.06. The van der Waals surface area contributed by atoms with Crippen LogP contribution in [-0.2, 0) is 0 Å². The van der Waals surface area contributed by atoms with Gasteiger partial charge in [-0.1, -0.05) is 42.0 Å². The van der Waals surface area contributed by atoms with Gasteiger partial charge >= 0.3 is 0 Å². The summed E-state index contributed by atoms with van der Waals surface area (Å²) in [7, 11) is 0. The fourth-order valence-corrected chi connectivity index (χ4v) is 1.67. The molecule has 16 heavy (non-hydrogen) atoms. The highest BCUT2D eigenvalue weighted by molar-refractivity contribution is 5.76. The number of nitrogens with zero attached hydrogens (tertiary/aromatic N) is 1. The van der Waals surface area contributed by atoms with Crippen LogP contribution in [0.15, 0.2) is 42.5 Å². The summed E-state index contributed by atoms with van der Waals surface area (Å²) in [4.78, 5) is 0. The van der Waals surface area contributed by atoms with E-state index in [0.29, 0.717) is 11.3 Å². The summed E-state index contributed by atoms with van der Waals surface area (Å²) in [6.45, 7) is 2.04. The minimum atomic E-state index is 0.528. The van der Waals surface area contributed by atoms with Crippen molar-refractivity contribution in [3.63, 3.8) is 0 Å². The Morgan fingerprint density at radius 3 is 2.38 bits per heavy atom. The average molecular weight is 208 g/mol. The number of anilines is 1. The van der Waals surface area contributed by atoms with Crippen LogP contribution in [0.3, 0.4) is 0 Å². The third-order valence-electron chi connectivity index (χ3n) is 2.57. The first kappa shape index (κ1) is 10.3. The normalized spacial score (nSPS) is 9.75. The summed E-state index contributed by atoms with van der Waals surface area (Å²) in [5.74, 6) is 0. The summed E-state index contributed by atoms with van der Waals surface area (Å²) < 4.78 is 0. The Hall–Kier alpha value is -2.27. The van der Waals surface area contributed by atoms with Crippen molar-refractivity contribution in [3.8, 4) is 17.2 Å². The van der Waals surface area contributed by atoms with E-state index in [9.17, 15) is 0 Å². The molecular weight excluding hydrogens is 196 g/mol. The third-order valence-corrected chi connectivity index (χ3v) is 2.57. The number of hydrogen-bond donors (Lipinski definition) is 1. The second-order valence-corrected chi connectivity index (χ2v) is 3.75. The highest BCUT2D eigenvalue weighted by Crippen LogP contribution is 2.27. The van der Waals surface area contributed by atoms with Crippen LogP contribution in [0, 0.1) is 18.3 Å². The van der Waals surface area contributed by atoms with Gasteiger partial charge in [0.25, 0.3) is 0 Å². The number of nitrogen functional groups attached to an aromatic ring is 1. The summed E-state index contributed by atoms with van der Waals surface area (Å²) in [6.07, 6.45) is 0. The molecule has 0 aromatic heterocycles. The molecule has 0 radical (unpaired) electrons. The molecule has 78 valence electrons. The molecule has 0 aliphatic heterocycles. The Balaban J connectivity index is 2.61. The number of benzene rings is 2. The summed E-state index contributed by atoms with van der Waals surface area (Å²) in [6, 6.07) is 15.7. The maximum atomic E-state index is 9.09. The van der Waals surface area contributed by atoms with Gasteiger partial charge in [-0.2, -0.15) is 5.26 Å². The zero-order chi connectivity index (χ0) is 11.5. The number of hydrogen-bond acceptors (Lipinski definition) is 2. The van der Waals surface area contributed by atoms with Crippen LogP contribution in [-0.4, -0.2) is 0 Å². The van der Waals surface area contributed by atoms with Crippen LogP contribution in [0.2, 0.25) is 0 Å². The first-order valence-electron chi connectivity index (χ1n) is 5.08. The average Bonchev–Trinajstić information content (AvgIpc) is 2.30. The molecule has 2 nitrogen and oxygen atoms in total. The van der Waals surface area contributed by atoms with Crippen LogP contribution >= 0.6 is 0 Å². The lowest BCUT2D eigenvalue weighted by molar-refractivity contribution is 1.45. The fraction of sp³-hybridized carbons (Fsp3) is 0.0714. The van der Waals surface area contributed by atoms with Crippen molar-refractivity contribution < 1.29 is 0 Å². The third kappa shape index (κ3) is 1.76. The van der Waals surface area contributed by atoms with E-state index < -0.39 is 0 Å². The summed E-state index contributed by atoms with van der Waals surface area (Å²) in [5, 5.41) is 9.09. The minimum absolute atomic E-state index is 0.528. The Labute approximate surface area is 95.0 Å². The van der Waals surface area contributed by atoms with Gasteiger partial charge < -0.3 is 5.73 Å². The second-order valence-electron chi connectivity index (χ2n) is 3.75. The van der Waals surface area contributed by atoms with Crippen molar-refractivity contribution in [3.05, 3.63) is 53.6 Å². The predicted octanol–water partition coefficient (Wildman–Crippen LogP) is 3.12. The van der Waals surface area contributed by atoms with Gasteiger partial charge in [0, 0.05) is 5.56 Å². The molecule has 2 aromatic rings. The van der Waals surface area contributed by atoms with Crippen molar-refractivity contribution >= 4 is 5.69 Å². The molecule has 0 bridgehead atoms. The van der Waals surface area contributed by atoms with E-state index in [-0.39, 0.29) is 0 Å². The van der Waals surface area contributed by atoms with E-state index in [1.165, 1.54) is 5.56 Å². The van der Waals surface area contributed by atoms with Gasteiger partial charge in [-0.25, -0.2) is 0 Å². The maximum Gasteiger partial charge on any atom is 0.102 e. The SMILES string of the molecule is Cc1ccc(-c2cccc(N)c2C#N)cc1. The van der Waals surface area contributed by atoms with Crippen molar-refractivity contribution in [1.82, 2.24) is 0 Å². The van der Waals surface area contributed by atoms with Crippen molar-refractivity contribution in [2.75, 3.05) is 5.73 Å². The van der Waals surface area contributed by atoms with Crippen LogP contribution in [0.1, 0.15) is 11.1 Å². The monoisotopic (exact) mass is 208 g/mol. The molecular formula is C14H12N2. The number of aryl methyl sites for hydroxylation is 1. The zero-order valence-corrected chi connectivity index (χ0v) is 9.07. The molecule has 0 atom stereocenters. The van der Waals surface area contributed by atoms with Gasteiger partial charge in [-0.05, 0) is 18.6 Å². The van der Waals surface area contributed by atoms with E-state index in [2.05, 4.69) is 6.07 Å². The molecule has 0 fully saturated rings. The van der Waals surface area contributed by atoms with Crippen LogP contribution < -0.4 is 5.73 Å². The van der Waals surface area contributed by atoms with Gasteiger partial charge in [0.1, 0.15) is 6.07 Å². The van der Waals surface area contributed by atoms with E-state index >= 15 is 0 Å². The quantitative estimate of drug-likeness (QED) is 0.732. The van der Waals surface area contributed by atoms with Gasteiger partial charge in [-0.15, -0.1) is 0 Å². The molecule has 2 N–H and O–H groups in total. The van der Waals surface area contributed by atoms with Crippen LogP contribution in [0.25, 0.3) is 11.1 Å². The van der Waals surface area contributed by atoms with Gasteiger partial charge in [0.15, 0.2) is 0 Å². The first-order chi connectivity index (χ1) is 7.72. The summed E-state index contributed by atoms with van der Waals surface area (Å²) in [5.41, 5.74) is 9.97. The Morgan fingerprint density at radius 1 is 1.06 bits per heavy atom. The molecule has 0 aliphatic carbocycles.